The van der Waals surface area contributed by atoms with Gasteiger partial charge in [0.25, 0.3) is 0 Å². The molecule has 1 heterocycles. The summed E-state index contributed by atoms with van der Waals surface area (Å²) in [6.45, 7) is 5.61. The molecule has 1 unspecified atom stereocenters. The highest BCUT2D eigenvalue weighted by Crippen LogP contribution is 2.10. The van der Waals surface area contributed by atoms with Crippen molar-refractivity contribution in [2.45, 2.75) is 38.6 Å². The van der Waals surface area contributed by atoms with E-state index in [-0.39, 0.29) is 6.04 Å². The zero-order chi connectivity index (χ0) is 10.2. The Bertz CT molecular complexity index is 177. The van der Waals surface area contributed by atoms with Crippen LogP contribution in [0.15, 0.2) is 0 Å². The van der Waals surface area contributed by atoms with Crippen LogP contribution in [0.1, 0.15) is 32.6 Å². The average Bonchev–Trinajstić information content (AvgIpc) is 2.25. The van der Waals surface area contributed by atoms with Gasteiger partial charge in [-0.25, -0.2) is 0 Å². The van der Waals surface area contributed by atoms with E-state index in [2.05, 4.69) is 23.5 Å². The number of hydrogen-bond donors (Lipinski definition) is 2. The molecule has 2 N–H and O–H groups in total. The molecule has 0 aliphatic carbocycles. The molecule has 1 fully saturated rings. The maximum Gasteiger partial charge on any atom is 0.0686 e. The van der Waals surface area contributed by atoms with E-state index < -0.39 is 0 Å². The monoisotopic (exact) mass is 194 g/mol. The van der Waals surface area contributed by atoms with Gasteiger partial charge >= 0.3 is 0 Å². The van der Waals surface area contributed by atoms with E-state index in [1.54, 1.807) is 0 Å². The molecule has 1 atom stereocenters. The topological polar surface area (TPSA) is 24.1 Å². The smallest absolute Gasteiger partial charge is 0.0686 e. The zero-order valence-corrected chi connectivity index (χ0v) is 9.18. The summed E-state index contributed by atoms with van der Waals surface area (Å²) in [4.78, 5) is 0. The Morgan fingerprint density at radius 3 is 2.79 bits per heavy atom. The van der Waals surface area contributed by atoms with Crippen LogP contribution in [0.25, 0.3) is 0 Å². The van der Waals surface area contributed by atoms with E-state index in [1.807, 2.05) is 0 Å². The van der Waals surface area contributed by atoms with Crippen molar-refractivity contribution in [2.24, 2.45) is 5.92 Å². The van der Waals surface area contributed by atoms with Crippen LogP contribution in [0.5, 0.6) is 0 Å². The average molecular weight is 194 g/mol. The van der Waals surface area contributed by atoms with Crippen molar-refractivity contribution in [3.05, 3.63) is 0 Å². The lowest BCUT2D eigenvalue weighted by molar-refractivity contribution is 0.347. The van der Waals surface area contributed by atoms with Crippen molar-refractivity contribution < 1.29 is 0 Å². The normalized spacial score (nSPS) is 20.3. The summed E-state index contributed by atoms with van der Waals surface area (Å²) in [6.07, 6.45) is 10.3. The van der Waals surface area contributed by atoms with Gasteiger partial charge in [0.2, 0.25) is 0 Å². The van der Waals surface area contributed by atoms with Gasteiger partial charge in [0, 0.05) is 0 Å². The Kier molecular flexibility index (Phi) is 5.66. The quantitative estimate of drug-likeness (QED) is 0.646. The minimum atomic E-state index is 0.287. The first-order chi connectivity index (χ1) is 6.86. The Morgan fingerprint density at radius 1 is 1.50 bits per heavy atom. The van der Waals surface area contributed by atoms with Crippen molar-refractivity contribution in [1.29, 1.82) is 0 Å². The Balaban J connectivity index is 2.14. The van der Waals surface area contributed by atoms with Crippen molar-refractivity contribution in [2.75, 3.05) is 19.6 Å². The van der Waals surface area contributed by atoms with Crippen LogP contribution in [0.4, 0.5) is 0 Å². The summed E-state index contributed by atoms with van der Waals surface area (Å²) in [7, 11) is 0. The second-order valence-corrected chi connectivity index (χ2v) is 4.11. The lowest BCUT2D eigenvalue weighted by Crippen LogP contribution is -2.37. The lowest BCUT2D eigenvalue weighted by atomic mass is 9.97. The second kappa shape index (κ2) is 6.86. The van der Waals surface area contributed by atoms with E-state index in [4.69, 9.17) is 6.42 Å². The SMILES string of the molecule is C#CC(CCC)NCC1CCNCC1. The van der Waals surface area contributed by atoms with Crippen LogP contribution in [0.2, 0.25) is 0 Å². The van der Waals surface area contributed by atoms with Crippen LogP contribution in [-0.2, 0) is 0 Å². The van der Waals surface area contributed by atoms with Gasteiger partial charge < -0.3 is 10.6 Å². The molecule has 0 spiro atoms. The second-order valence-electron chi connectivity index (χ2n) is 4.11. The van der Waals surface area contributed by atoms with Gasteiger partial charge in [0.05, 0.1) is 6.04 Å². The van der Waals surface area contributed by atoms with Crippen LogP contribution >= 0.6 is 0 Å². The van der Waals surface area contributed by atoms with Gasteiger partial charge in [-0.1, -0.05) is 19.3 Å². The van der Waals surface area contributed by atoms with Crippen molar-refractivity contribution in [3.63, 3.8) is 0 Å². The molecule has 0 aromatic heterocycles. The van der Waals surface area contributed by atoms with Gasteiger partial charge in [0.15, 0.2) is 0 Å². The van der Waals surface area contributed by atoms with Crippen LogP contribution in [0.3, 0.4) is 0 Å². The number of nitrogens with one attached hydrogen (secondary N) is 2. The molecule has 0 bridgehead atoms. The van der Waals surface area contributed by atoms with E-state index in [9.17, 15) is 0 Å². The minimum absolute atomic E-state index is 0.287. The Morgan fingerprint density at radius 2 is 2.21 bits per heavy atom. The van der Waals surface area contributed by atoms with Gasteiger partial charge in [-0.2, -0.15) is 0 Å². The van der Waals surface area contributed by atoms with E-state index in [1.165, 1.54) is 25.9 Å². The summed E-state index contributed by atoms with van der Waals surface area (Å²) < 4.78 is 0. The highest BCUT2D eigenvalue weighted by molar-refractivity contribution is 4.98. The molecular formula is C12H22N2. The van der Waals surface area contributed by atoms with Crippen molar-refractivity contribution >= 4 is 0 Å². The van der Waals surface area contributed by atoms with Gasteiger partial charge in [-0.15, -0.1) is 6.42 Å². The molecule has 0 aromatic carbocycles. The Hall–Kier alpha value is -0.520. The molecule has 2 nitrogen and oxygen atoms in total. The summed E-state index contributed by atoms with van der Waals surface area (Å²) in [5.74, 6) is 3.64. The maximum absolute atomic E-state index is 5.45. The molecule has 0 aromatic rings. The predicted octanol–water partition coefficient (Wildman–Crippen LogP) is 1.38. The molecule has 14 heavy (non-hydrogen) atoms. The first kappa shape index (κ1) is 11.6. The van der Waals surface area contributed by atoms with Crippen LogP contribution < -0.4 is 10.6 Å². The summed E-state index contributed by atoms with van der Waals surface area (Å²) in [5, 5.41) is 6.85. The third-order valence-electron chi connectivity index (χ3n) is 2.89. The first-order valence-corrected chi connectivity index (χ1v) is 5.77. The van der Waals surface area contributed by atoms with Gasteiger partial charge in [-0.3, -0.25) is 0 Å². The molecular weight excluding hydrogens is 172 g/mol. The van der Waals surface area contributed by atoms with Crippen LogP contribution in [0, 0.1) is 18.3 Å². The molecule has 0 amide bonds. The molecule has 80 valence electrons. The molecule has 1 rings (SSSR count). The standard InChI is InChI=1S/C12H22N2/c1-3-5-12(4-2)14-10-11-6-8-13-9-7-11/h2,11-14H,3,5-10H2,1H3. The molecule has 1 saturated heterocycles. The number of rotatable bonds is 5. The minimum Gasteiger partial charge on any atom is -0.317 e. The first-order valence-electron chi connectivity index (χ1n) is 5.77. The summed E-state index contributed by atoms with van der Waals surface area (Å²) in [6, 6.07) is 0.287. The third-order valence-corrected chi connectivity index (χ3v) is 2.89. The Labute approximate surface area is 87.8 Å². The molecule has 1 aliphatic rings. The van der Waals surface area contributed by atoms with E-state index >= 15 is 0 Å². The highest BCUT2D eigenvalue weighted by atomic mass is 14.9. The van der Waals surface area contributed by atoms with E-state index in [0.717, 1.165) is 25.3 Å². The maximum atomic E-state index is 5.45. The molecule has 0 saturated carbocycles. The van der Waals surface area contributed by atoms with Gasteiger partial charge in [0.1, 0.15) is 0 Å². The third kappa shape index (κ3) is 4.13. The largest absolute Gasteiger partial charge is 0.317 e. The molecule has 0 radical (unpaired) electrons. The fourth-order valence-corrected chi connectivity index (χ4v) is 1.93. The highest BCUT2D eigenvalue weighted by Gasteiger charge is 2.13. The number of hydrogen-bond acceptors (Lipinski definition) is 2. The van der Waals surface area contributed by atoms with Crippen LogP contribution in [-0.4, -0.2) is 25.7 Å². The van der Waals surface area contributed by atoms with Gasteiger partial charge in [-0.05, 0) is 44.8 Å². The number of terminal acetylenes is 1. The molecule has 1 aliphatic heterocycles. The summed E-state index contributed by atoms with van der Waals surface area (Å²) in [5.41, 5.74) is 0. The fraction of sp³-hybridized carbons (Fsp3) is 0.833. The molecule has 2 heteroatoms. The lowest BCUT2D eigenvalue weighted by Gasteiger charge is -2.24. The fourth-order valence-electron chi connectivity index (χ4n) is 1.93. The predicted molar refractivity (Wildman–Crippen MR) is 61.1 cm³/mol. The van der Waals surface area contributed by atoms with Crippen molar-refractivity contribution in [1.82, 2.24) is 10.6 Å². The van der Waals surface area contributed by atoms with E-state index in [0.29, 0.717) is 0 Å². The summed E-state index contributed by atoms with van der Waals surface area (Å²) >= 11 is 0. The zero-order valence-electron chi connectivity index (χ0n) is 9.18. The number of piperidine rings is 1. The van der Waals surface area contributed by atoms with Crippen molar-refractivity contribution in [3.8, 4) is 12.3 Å².